The van der Waals surface area contributed by atoms with Crippen LogP contribution in [0.4, 0.5) is 5.69 Å². The van der Waals surface area contributed by atoms with Crippen LogP contribution >= 0.6 is 11.6 Å². The molecule has 0 spiro atoms. The molecule has 1 atom stereocenters. The minimum atomic E-state index is -0.687. The van der Waals surface area contributed by atoms with Crippen LogP contribution in [-0.4, -0.2) is 31.1 Å². The molecule has 1 aromatic rings. The lowest BCUT2D eigenvalue weighted by Crippen LogP contribution is -2.45. The molecule has 0 aromatic heterocycles. The fraction of sp³-hybridized carbons (Fsp3) is 0.385. The molecule has 5 nitrogen and oxygen atoms in total. The molecule has 102 valence electrons. The fourth-order valence-corrected chi connectivity index (χ4v) is 1.95. The normalized spacial score (nSPS) is 18.7. The summed E-state index contributed by atoms with van der Waals surface area (Å²) in [5.74, 6) is -1.33. The number of carbonyl (C=O) groups is 2. The highest BCUT2D eigenvalue weighted by molar-refractivity contribution is 6.39. The molecule has 1 saturated heterocycles. The highest BCUT2D eigenvalue weighted by Gasteiger charge is 2.20. The number of halogens is 1. The lowest BCUT2D eigenvalue weighted by Gasteiger charge is -2.22. The number of hydrogen-bond donors (Lipinski definition) is 2. The molecule has 0 unspecified atom stereocenters. The monoisotopic (exact) mass is 282 g/mol. The van der Waals surface area contributed by atoms with Crippen molar-refractivity contribution >= 4 is 29.1 Å². The molecule has 0 saturated carbocycles. The number of hydrogen-bond acceptors (Lipinski definition) is 3. The van der Waals surface area contributed by atoms with Crippen molar-refractivity contribution < 1.29 is 14.3 Å². The summed E-state index contributed by atoms with van der Waals surface area (Å²) < 4.78 is 5.23. The molecule has 19 heavy (non-hydrogen) atoms. The molecule has 2 N–H and O–H groups in total. The van der Waals surface area contributed by atoms with Crippen molar-refractivity contribution in [3.8, 4) is 0 Å². The highest BCUT2D eigenvalue weighted by Crippen LogP contribution is 2.13. The smallest absolute Gasteiger partial charge is 0.313 e. The van der Waals surface area contributed by atoms with Gasteiger partial charge < -0.3 is 15.4 Å². The van der Waals surface area contributed by atoms with Crippen LogP contribution in [-0.2, 0) is 14.3 Å². The predicted molar refractivity (Wildman–Crippen MR) is 72.1 cm³/mol. The van der Waals surface area contributed by atoms with Crippen molar-refractivity contribution in [3.05, 3.63) is 29.3 Å². The molecule has 1 aliphatic heterocycles. The maximum absolute atomic E-state index is 11.7. The van der Waals surface area contributed by atoms with E-state index in [0.717, 1.165) is 12.8 Å². The Kier molecular flexibility index (Phi) is 4.76. The van der Waals surface area contributed by atoms with Crippen LogP contribution in [0.25, 0.3) is 0 Å². The van der Waals surface area contributed by atoms with Gasteiger partial charge in [0.15, 0.2) is 0 Å². The quantitative estimate of drug-likeness (QED) is 0.809. The van der Waals surface area contributed by atoms with E-state index in [1.54, 1.807) is 24.3 Å². The molecule has 2 amide bonds. The highest BCUT2D eigenvalue weighted by atomic mass is 35.5. The molecular formula is C13H15ClN2O3. The predicted octanol–water partition coefficient (Wildman–Crippen LogP) is 1.57. The third-order valence-electron chi connectivity index (χ3n) is 2.80. The summed E-state index contributed by atoms with van der Waals surface area (Å²) in [6.07, 6.45) is 1.73. The Morgan fingerprint density at radius 2 is 1.95 bits per heavy atom. The summed E-state index contributed by atoms with van der Waals surface area (Å²) >= 11 is 5.73. The van der Waals surface area contributed by atoms with Gasteiger partial charge in [0, 0.05) is 17.3 Å². The van der Waals surface area contributed by atoms with Crippen LogP contribution in [0.5, 0.6) is 0 Å². The van der Waals surface area contributed by atoms with Gasteiger partial charge in [0.05, 0.1) is 12.6 Å². The number of anilines is 1. The van der Waals surface area contributed by atoms with Gasteiger partial charge in [-0.15, -0.1) is 0 Å². The molecule has 0 radical (unpaired) electrons. The van der Waals surface area contributed by atoms with Gasteiger partial charge in [0.25, 0.3) is 0 Å². The second-order valence-corrected chi connectivity index (χ2v) is 4.78. The first-order chi connectivity index (χ1) is 9.15. The fourth-order valence-electron chi connectivity index (χ4n) is 1.83. The standard InChI is InChI=1S/C13H15ClN2O3/c14-9-3-5-10(6-4-9)15-12(17)13(18)16-11-2-1-7-19-8-11/h3-6,11H,1-2,7-8H2,(H,15,17)(H,16,18)/t11-/m0/s1. The van der Waals surface area contributed by atoms with Crippen LogP contribution in [0.15, 0.2) is 24.3 Å². The second-order valence-electron chi connectivity index (χ2n) is 4.35. The first kappa shape index (κ1) is 13.8. The zero-order valence-electron chi connectivity index (χ0n) is 10.3. The number of carbonyl (C=O) groups excluding carboxylic acids is 2. The van der Waals surface area contributed by atoms with Gasteiger partial charge in [-0.05, 0) is 37.1 Å². The second kappa shape index (κ2) is 6.54. The summed E-state index contributed by atoms with van der Waals surface area (Å²) in [5.41, 5.74) is 0.532. The Bertz CT molecular complexity index is 455. The van der Waals surface area contributed by atoms with Crippen molar-refractivity contribution in [1.29, 1.82) is 0 Å². The van der Waals surface area contributed by atoms with Gasteiger partial charge in [0.1, 0.15) is 0 Å². The van der Waals surface area contributed by atoms with Gasteiger partial charge in [-0.25, -0.2) is 0 Å². The Morgan fingerprint density at radius 3 is 2.58 bits per heavy atom. The van der Waals surface area contributed by atoms with E-state index >= 15 is 0 Å². The van der Waals surface area contributed by atoms with E-state index in [4.69, 9.17) is 16.3 Å². The first-order valence-corrected chi connectivity index (χ1v) is 6.48. The molecule has 0 aliphatic carbocycles. The Morgan fingerprint density at radius 1 is 1.21 bits per heavy atom. The summed E-state index contributed by atoms with van der Waals surface area (Å²) in [4.78, 5) is 23.4. The van der Waals surface area contributed by atoms with Crippen LogP contribution in [0.3, 0.4) is 0 Å². The first-order valence-electron chi connectivity index (χ1n) is 6.10. The van der Waals surface area contributed by atoms with Gasteiger partial charge in [-0.3, -0.25) is 9.59 Å². The van der Waals surface area contributed by atoms with Gasteiger partial charge in [-0.2, -0.15) is 0 Å². The number of amides is 2. The third kappa shape index (κ3) is 4.22. The summed E-state index contributed by atoms with van der Waals surface area (Å²) in [5, 5.41) is 5.73. The maximum Gasteiger partial charge on any atom is 0.313 e. The van der Waals surface area contributed by atoms with Crippen molar-refractivity contribution in [1.82, 2.24) is 5.32 Å². The van der Waals surface area contributed by atoms with E-state index < -0.39 is 11.8 Å². The van der Waals surface area contributed by atoms with E-state index in [1.165, 1.54) is 0 Å². The third-order valence-corrected chi connectivity index (χ3v) is 3.06. The average molecular weight is 283 g/mol. The zero-order valence-corrected chi connectivity index (χ0v) is 11.1. The molecule has 1 aromatic carbocycles. The van der Waals surface area contributed by atoms with Crippen molar-refractivity contribution in [2.24, 2.45) is 0 Å². The van der Waals surface area contributed by atoms with Crippen molar-refractivity contribution in [2.75, 3.05) is 18.5 Å². The molecule has 1 heterocycles. The van der Waals surface area contributed by atoms with Crippen molar-refractivity contribution in [3.63, 3.8) is 0 Å². The Balaban J connectivity index is 1.84. The molecular weight excluding hydrogens is 268 g/mol. The van der Waals surface area contributed by atoms with Crippen LogP contribution in [0, 0.1) is 0 Å². The maximum atomic E-state index is 11.7. The largest absolute Gasteiger partial charge is 0.379 e. The Labute approximate surface area is 116 Å². The number of rotatable bonds is 2. The van der Waals surface area contributed by atoms with Crippen LogP contribution in [0.2, 0.25) is 5.02 Å². The zero-order chi connectivity index (χ0) is 13.7. The molecule has 2 rings (SSSR count). The molecule has 6 heteroatoms. The Hall–Kier alpha value is -1.59. The minimum absolute atomic E-state index is 0.0859. The summed E-state index contributed by atoms with van der Waals surface area (Å²) in [6.45, 7) is 1.17. The average Bonchev–Trinajstić information content (AvgIpc) is 2.42. The number of ether oxygens (including phenoxy) is 1. The van der Waals surface area contributed by atoms with Gasteiger partial charge in [0.2, 0.25) is 0 Å². The molecule has 0 bridgehead atoms. The van der Waals surface area contributed by atoms with Crippen molar-refractivity contribution in [2.45, 2.75) is 18.9 Å². The van der Waals surface area contributed by atoms with Crippen LogP contribution in [0.1, 0.15) is 12.8 Å². The van der Waals surface area contributed by atoms with Gasteiger partial charge in [-0.1, -0.05) is 11.6 Å². The van der Waals surface area contributed by atoms with E-state index in [2.05, 4.69) is 10.6 Å². The topological polar surface area (TPSA) is 67.4 Å². The summed E-state index contributed by atoms with van der Waals surface area (Å²) in [7, 11) is 0. The van der Waals surface area contributed by atoms with Crippen LogP contribution < -0.4 is 10.6 Å². The van der Waals surface area contributed by atoms with Gasteiger partial charge >= 0.3 is 11.8 Å². The van der Waals surface area contributed by atoms with E-state index in [0.29, 0.717) is 23.9 Å². The van der Waals surface area contributed by atoms with E-state index in [-0.39, 0.29) is 6.04 Å². The molecule has 1 fully saturated rings. The number of benzene rings is 1. The lowest BCUT2D eigenvalue weighted by atomic mass is 10.1. The lowest BCUT2D eigenvalue weighted by molar-refractivity contribution is -0.137. The minimum Gasteiger partial charge on any atom is -0.379 e. The molecule has 1 aliphatic rings. The van der Waals surface area contributed by atoms with E-state index in [1.807, 2.05) is 0 Å². The SMILES string of the molecule is O=C(Nc1ccc(Cl)cc1)C(=O)N[C@H]1CCCOC1. The number of nitrogens with one attached hydrogen (secondary N) is 2. The van der Waals surface area contributed by atoms with E-state index in [9.17, 15) is 9.59 Å². The summed E-state index contributed by atoms with van der Waals surface area (Å²) in [6, 6.07) is 6.47.